The Bertz CT molecular complexity index is 463. The van der Waals surface area contributed by atoms with Crippen molar-refractivity contribution in [1.29, 1.82) is 5.26 Å². The number of nitriles is 1. The van der Waals surface area contributed by atoms with Crippen molar-refractivity contribution in [2.24, 2.45) is 0 Å². The molecule has 0 atom stereocenters. The zero-order valence-corrected chi connectivity index (χ0v) is 9.06. The zero-order chi connectivity index (χ0) is 11.5. The molecule has 4 nitrogen and oxygen atoms in total. The number of carbonyl (C=O) groups excluding carboxylic acids is 1. The lowest BCUT2D eigenvalue weighted by Gasteiger charge is -2.20. The molecule has 1 amide bonds. The van der Waals surface area contributed by atoms with Gasteiger partial charge in [-0.2, -0.15) is 5.26 Å². The van der Waals surface area contributed by atoms with Crippen LogP contribution in [0.1, 0.15) is 12.0 Å². The number of carbonyl (C=O) groups is 1. The molecule has 1 aromatic carbocycles. The first-order valence-corrected chi connectivity index (χ1v) is 5.16. The number of anilines is 1. The highest BCUT2D eigenvalue weighted by atomic mass is 16.5. The van der Waals surface area contributed by atoms with Crippen molar-refractivity contribution in [3.8, 4) is 11.8 Å². The molecule has 0 spiro atoms. The topological polar surface area (TPSA) is 53.3 Å². The lowest BCUT2D eigenvalue weighted by atomic mass is 10.1. The molecule has 0 saturated heterocycles. The van der Waals surface area contributed by atoms with Gasteiger partial charge in [0.2, 0.25) is 0 Å². The van der Waals surface area contributed by atoms with E-state index in [4.69, 9.17) is 10.00 Å². The number of aryl methyl sites for hydroxylation is 1. The Labute approximate surface area is 94.0 Å². The van der Waals surface area contributed by atoms with Crippen LogP contribution in [0.15, 0.2) is 18.2 Å². The number of ether oxygens (including phenoxy) is 1. The van der Waals surface area contributed by atoms with E-state index >= 15 is 0 Å². The SMILES string of the molecule is CN(C(=O)C#N)c1ccc2c(c1)CCCO2. The molecule has 1 aliphatic rings. The summed E-state index contributed by atoms with van der Waals surface area (Å²) < 4.78 is 5.48. The summed E-state index contributed by atoms with van der Waals surface area (Å²) in [4.78, 5) is 12.6. The first-order valence-electron chi connectivity index (χ1n) is 5.16. The van der Waals surface area contributed by atoms with Gasteiger partial charge in [-0.1, -0.05) is 0 Å². The van der Waals surface area contributed by atoms with Crippen LogP contribution in [-0.2, 0) is 11.2 Å². The number of nitrogens with zero attached hydrogens (tertiary/aromatic N) is 2. The van der Waals surface area contributed by atoms with Crippen LogP contribution in [0, 0.1) is 11.3 Å². The van der Waals surface area contributed by atoms with Gasteiger partial charge < -0.3 is 9.64 Å². The summed E-state index contributed by atoms with van der Waals surface area (Å²) >= 11 is 0. The second-order valence-corrected chi connectivity index (χ2v) is 3.72. The van der Waals surface area contributed by atoms with Gasteiger partial charge in [0, 0.05) is 12.7 Å². The molecule has 0 fully saturated rings. The minimum Gasteiger partial charge on any atom is -0.493 e. The maximum absolute atomic E-state index is 11.2. The number of benzene rings is 1. The smallest absolute Gasteiger partial charge is 0.329 e. The molecule has 82 valence electrons. The fraction of sp³-hybridized carbons (Fsp3) is 0.333. The lowest BCUT2D eigenvalue weighted by molar-refractivity contribution is -0.113. The van der Waals surface area contributed by atoms with Crippen LogP contribution < -0.4 is 9.64 Å². The van der Waals surface area contributed by atoms with Crippen molar-refractivity contribution in [3.05, 3.63) is 23.8 Å². The van der Waals surface area contributed by atoms with Gasteiger partial charge in [0.15, 0.2) is 6.07 Å². The third-order valence-corrected chi connectivity index (χ3v) is 2.68. The minimum absolute atomic E-state index is 0.559. The van der Waals surface area contributed by atoms with Crippen molar-refractivity contribution in [2.75, 3.05) is 18.6 Å². The first kappa shape index (κ1) is 10.5. The highest BCUT2D eigenvalue weighted by Gasteiger charge is 2.14. The van der Waals surface area contributed by atoms with Gasteiger partial charge in [0.1, 0.15) is 5.75 Å². The first-order chi connectivity index (χ1) is 7.72. The third kappa shape index (κ3) is 1.84. The standard InChI is InChI=1S/C12H12N2O2/c1-14(12(15)8-13)10-4-5-11-9(7-10)3-2-6-16-11/h4-5,7H,2-3,6H2,1H3. The highest BCUT2D eigenvalue weighted by molar-refractivity contribution is 6.03. The third-order valence-electron chi connectivity index (χ3n) is 2.68. The second kappa shape index (κ2) is 4.23. The number of hydrogen-bond donors (Lipinski definition) is 0. The van der Waals surface area contributed by atoms with E-state index in [9.17, 15) is 4.79 Å². The average molecular weight is 216 g/mol. The maximum atomic E-state index is 11.2. The molecular weight excluding hydrogens is 204 g/mol. The molecule has 4 heteroatoms. The van der Waals surface area contributed by atoms with Crippen LogP contribution >= 0.6 is 0 Å². The number of hydrogen-bond acceptors (Lipinski definition) is 3. The summed E-state index contributed by atoms with van der Waals surface area (Å²) in [6, 6.07) is 7.15. The molecule has 2 rings (SSSR count). The van der Waals surface area contributed by atoms with Crippen molar-refractivity contribution >= 4 is 11.6 Å². The van der Waals surface area contributed by atoms with Crippen molar-refractivity contribution in [1.82, 2.24) is 0 Å². The summed E-state index contributed by atoms with van der Waals surface area (Å²) in [5.74, 6) is 0.324. The summed E-state index contributed by atoms with van der Waals surface area (Å²) in [6.07, 6.45) is 1.95. The summed E-state index contributed by atoms with van der Waals surface area (Å²) in [5, 5.41) is 8.54. The van der Waals surface area contributed by atoms with Crippen LogP contribution in [0.5, 0.6) is 5.75 Å². The summed E-state index contributed by atoms with van der Waals surface area (Å²) in [5.41, 5.74) is 1.83. The van der Waals surface area contributed by atoms with Gasteiger partial charge in [-0.25, -0.2) is 0 Å². The zero-order valence-electron chi connectivity index (χ0n) is 9.06. The molecule has 0 unspecified atom stereocenters. The highest BCUT2D eigenvalue weighted by Crippen LogP contribution is 2.28. The molecule has 1 aliphatic heterocycles. The molecule has 0 radical (unpaired) electrons. The molecule has 0 aliphatic carbocycles. The van der Waals surface area contributed by atoms with Crippen molar-refractivity contribution < 1.29 is 9.53 Å². The predicted octanol–water partition coefficient (Wildman–Crippen LogP) is 1.50. The summed E-state index contributed by atoms with van der Waals surface area (Å²) in [6.45, 7) is 0.749. The molecule has 1 aromatic rings. The normalized spacial score (nSPS) is 13.2. The number of rotatable bonds is 1. The Morgan fingerprint density at radius 1 is 1.56 bits per heavy atom. The molecule has 0 N–H and O–H groups in total. The average Bonchev–Trinajstić information content (AvgIpc) is 2.36. The summed E-state index contributed by atoms with van der Waals surface area (Å²) in [7, 11) is 1.59. The molecular formula is C12H12N2O2. The quantitative estimate of drug-likeness (QED) is 0.668. The van der Waals surface area contributed by atoms with Crippen LogP contribution in [0.3, 0.4) is 0 Å². The van der Waals surface area contributed by atoms with Gasteiger partial charge in [-0.05, 0) is 36.6 Å². The molecule has 0 aromatic heterocycles. The van der Waals surface area contributed by atoms with Crippen LogP contribution in [0.4, 0.5) is 5.69 Å². The van der Waals surface area contributed by atoms with E-state index in [1.807, 2.05) is 12.1 Å². The van der Waals surface area contributed by atoms with E-state index in [0.29, 0.717) is 0 Å². The Kier molecular flexibility index (Phi) is 2.78. The maximum Gasteiger partial charge on any atom is 0.329 e. The fourth-order valence-corrected chi connectivity index (χ4v) is 1.75. The Morgan fingerprint density at radius 2 is 2.38 bits per heavy atom. The van der Waals surface area contributed by atoms with Crippen molar-refractivity contribution in [3.63, 3.8) is 0 Å². The Hall–Kier alpha value is -2.02. The molecule has 1 heterocycles. The minimum atomic E-state index is -0.559. The van der Waals surface area contributed by atoms with Crippen LogP contribution in [-0.4, -0.2) is 19.6 Å². The number of amides is 1. The van der Waals surface area contributed by atoms with E-state index in [1.54, 1.807) is 19.2 Å². The Balaban J connectivity index is 2.30. The van der Waals surface area contributed by atoms with Gasteiger partial charge in [-0.3, -0.25) is 4.79 Å². The molecule has 0 saturated carbocycles. The lowest BCUT2D eigenvalue weighted by Crippen LogP contribution is -2.24. The van der Waals surface area contributed by atoms with E-state index in [2.05, 4.69) is 0 Å². The van der Waals surface area contributed by atoms with Gasteiger partial charge in [-0.15, -0.1) is 0 Å². The predicted molar refractivity (Wildman–Crippen MR) is 59.3 cm³/mol. The van der Waals surface area contributed by atoms with Gasteiger partial charge in [0.05, 0.1) is 6.61 Å². The monoisotopic (exact) mass is 216 g/mol. The van der Waals surface area contributed by atoms with Gasteiger partial charge >= 0.3 is 5.91 Å². The van der Waals surface area contributed by atoms with E-state index in [1.165, 1.54) is 4.90 Å². The van der Waals surface area contributed by atoms with E-state index < -0.39 is 5.91 Å². The Morgan fingerprint density at radius 3 is 3.12 bits per heavy atom. The fourth-order valence-electron chi connectivity index (χ4n) is 1.75. The second-order valence-electron chi connectivity index (χ2n) is 3.72. The van der Waals surface area contributed by atoms with E-state index in [0.717, 1.165) is 36.4 Å². The molecule has 16 heavy (non-hydrogen) atoms. The largest absolute Gasteiger partial charge is 0.493 e. The van der Waals surface area contributed by atoms with Gasteiger partial charge in [0.25, 0.3) is 0 Å². The van der Waals surface area contributed by atoms with E-state index in [-0.39, 0.29) is 0 Å². The number of fused-ring (bicyclic) bond motifs is 1. The van der Waals surface area contributed by atoms with Crippen LogP contribution in [0.25, 0.3) is 0 Å². The van der Waals surface area contributed by atoms with Crippen LogP contribution in [0.2, 0.25) is 0 Å². The molecule has 0 bridgehead atoms. The van der Waals surface area contributed by atoms with Crippen molar-refractivity contribution in [2.45, 2.75) is 12.8 Å².